The lowest BCUT2D eigenvalue weighted by Gasteiger charge is -2.26. The molecule has 0 radical (unpaired) electrons. The number of nitrogens with one attached hydrogen (secondary N) is 1. The Kier molecular flexibility index (Phi) is 5.51. The molecule has 0 spiro atoms. The van der Waals surface area contributed by atoms with Crippen LogP contribution in [0.4, 0.5) is 5.69 Å². The van der Waals surface area contributed by atoms with Gasteiger partial charge in [-0.2, -0.15) is 0 Å². The SMILES string of the molecule is CCNC(C)c1ccc(N(CCC(C)C)C2CC2)cc1O. The number of hydrogen-bond acceptors (Lipinski definition) is 3. The van der Waals surface area contributed by atoms with Crippen LogP contribution in [0.25, 0.3) is 0 Å². The molecule has 1 saturated carbocycles. The zero-order valence-corrected chi connectivity index (χ0v) is 13.9. The van der Waals surface area contributed by atoms with Gasteiger partial charge in [0.15, 0.2) is 0 Å². The molecule has 1 unspecified atom stereocenters. The summed E-state index contributed by atoms with van der Waals surface area (Å²) >= 11 is 0. The monoisotopic (exact) mass is 290 g/mol. The second-order valence-electron chi connectivity index (χ2n) is 6.63. The van der Waals surface area contributed by atoms with Crippen LogP contribution in [-0.4, -0.2) is 24.2 Å². The van der Waals surface area contributed by atoms with Crippen molar-refractivity contribution in [2.75, 3.05) is 18.0 Å². The highest BCUT2D eigenvalue weighted by atomic mass is 16.3. The second kappa shape index (κ2) is 7.17. The van der Waals surface area contributed by atoms with E-state index in [0.29, 0.717) is 17.7 Å². The minimum atomic E-state index is 0.189. The Hall–Kier alpha value is -1.22. The fourth-order valence-electron chi connectivity index (χ4n) is 2.80. The normalized spacial score (nSPS) is 16.2. The van der Waals surface area contributed by atoms with E-state index in [-0.39, 0.29) is 6.04 Å². The van der Waals surface area contributed by atoms with Crippen molar-refractivity contribution in [2.45, 2.75) is 59.0 Å². The van der Waals surface area contributed by atoms with Crippen LogP contribution in [0.5, 0.6) is 5.75 Å². The molecule has 3 heteroatoms. The van der Waals surface area contributed by atoms with Crippen molar-refractivity contribution in [1.29, 1.82) is 0 Å². The van der Waals surface area contributed by atoms with Gasteiger partial charge in [-0.05, 0) is 44.7 Å². The summed E-state index contributed by atoms with van der Waals surface area (Å²) in [6.45, 7) is 10.7. The van der Waals surface area contributed by atoms with Crippen molar-refractivity contribution < 1.29 is 5.11 Å². The van der Waals surface area contributed by atoms with E-state index in [1.165, 1.54) is 24.9 Å². The standard InChI is InChI=1S/C18H30N2O/c1-5-19-14(4)17-9-8-16(12-18(17)21)20(15-6-7-15)11-10-13(2)3/h8-9,12-15,19,21H,5-7,10-11H2,1-4H3. The maximum Gasteiger partial charge on any atom is 0.122 e. The first-order valence-corrected chi connectivity index (χ1v) is 8.35. The zero-order valence-electron chi connectivity index (χ0n) is 13.9. The molecular formula is C18H30N2O. The summed E-state index contributed by atoms with van der Waals surface area (Å²) in [5, 5.41) is 13.7. The molecule has 1 fully saturated rings. The Balaban J connectivity index is 2.12. The van der Waals surface area contributed by atoms with Gasteiger partial charge in [-0.25, -0.2) is 0 Å². The lowest BCUT2D eigenvalue weighted by atomic mass is 10.1. The molecule has 1 aliphatic rings. The highest BCUT2D eigenvalue weighted by Gasteiger charge is 2.29. The molecule has 0 bridgehead atoms. The van der Waals surface area contributed by atoms with Crippen LogP contribution < -0.4 is 10.2 Å². The Morgan fingerprint density at radius 2 is 2.00 bits per heavy atom. The van der Waals surface area contributed by atoms with Gasteiger partial charge in [-0.3, -0.25) is 0 Å². The molecule has 3 nitrogen and oxygen atoms in total. The Morgan fingerprint density at radius 1 is 1.29 bits per heavy atom. The molecule has 1 atom stereocenters. The van der Waals surface area contributed by atoms with Gasteiger partial charge in [0.05, 0.1) is 0 Å². The summed E-state index contributed by atoms with van der Waals surface area (Å²) in [5.74, 6) is 1.13. The van der Waals surface area contributed by atoms with E-state index in [1.807, 2.05) is 6.07 Å². The highest BCUT2D eigenvalue weighted by molar-refractivity contribution is 5.55. The van der Waals surface area contributed by atoms with Crippen molar-refractivity contribution in [3.05, 3.63) is 23.8 Å². The smallest absolute Gasteiger partial charge is 0.122 e. The maximum absolute atomic E-state index is 10.4. The van der Waals surface area contributed by atoms with E-state index in [1.54, 1.807) is 0 Å². The molecule has 2 rings (SSSR count). The fourth-order valence-corrected chi connectivity index (χ4v) is 2.80. The van der Waals surface area contributed by atoms with Gasteiger partial charge in [-0.15, -0.1) is 0 Å². The van der Waals surface area contributed by atoms with Crippen LogP contribution in [0.15, 0.2) is 18.2 Å². The average molecular weight is 290 g/mol. The van der Waals surface area contributed by atoms with Crippen LogP contribution in [0.2, 0.25) is 0 Å². The number of hydrogen-bond donors (Lipinski definition) is 2. The van der Waals surface area contributed by atoms with Crippen molar-refractivity contribution in [1.82, 2.24) is 5.32 Å². The van der Waals surface area contributed by atoms with Gasteiger partial charge in [0.1, 0.15) is 5.75 Å². The largest absolute Gasteiger partial charge is 0.508 e. The topological polar surface area (TPSA) is 35.5 Å². The van der Waals surface area contributed by atoms with E-state index in [9.17, 15) is 5.11 Å². The number of nitrogens with zero attached hydrogens (tertiary/aromatic N) is 1. The van der Waals surface area contributed by atoms with Gasteiger partial charge in [0, 0.05) is 35.9 Å². The molecule has 2 N–H and O–H groups in total. The van der Waals surface area contributed by atoms with Gasteiger partial charge in [0.2, 0.25) is 0 Å². The predicted molar refractivity (Wildman–Crippen MR) is 90.0 cm³/mol. The first-order chi connectivity index (χ1) is 10.0. The number of rotatable bonds is 8. The molecule has 1 aromatic rings. The van der Waals surface area contributed by atoms with Gasteiger partial charge in [-0.1, -0.05) is 26.8 Å². The fraction of sp³-hybridized carbons (Fsp3) is 0.667. The van der Waals surface area contributed by atoms with E-state index >= 15 is 0 Å². The van der Waals surface area contributed by atoms with Crippen molar-refractivity contribution >= 4 is 5.69 Å². The van der Waals surface area contributed by atoms with E-state index in [0.717, 1.165) is 18.7 Å². The Bertz CT molecular complexity index is 455. The Morgan fingerprint density at radius 3 is 2.52 bits per heavy atom. The lowest BCUT2D eigenvalue weighted by Crippen LogP contribution is -2.27. The molecule has 0 heterocycles. The summed E-state index contributed by atoms with van der Waals surface area (Å²) in [6, 6.07) is 7.06. The predicted octanol–water partition coefficient (Wildman–Crippen LogP) is 4.08. The third-order valence-corrected chi connectivity index (χ3v) is 4.26. The molecular weight excluding hydrogens is 260 g/mol. The lowest BCUT2D eigenvalue weighted by molar-refractivity contribution is 0.454. The summed E-state index contributed by atoms with van der Waals surface area (Å²) in [4.78, 5) is 2.47. The molecule has 1 aromatic carbocycles. The highest BCUT2D eigenvalue weighted by Crippen LogP contribution is 2.35. The zero-order chi connectivity index (χ0) is 15.4. The molecule has 1 aliphatic carbocycles. The summed E-state index contributed by atoms with van der Waals surface area (Å²) in [6.07, 6.45) is 3.77. The van der Waals surface area contributed by atoms with E-state index in [4.69, 9.17) is 0 Å². The average Bonchev–Trinajstić information content (AvgIpc) is 3.23. The number of phenols is 1. The van der Waals surface area contributed by atoms with Crippen LogP contribution in [-0.2, 0) is 0 Å². The molecule has 21 heavy (non-hydrogen) atoms. The summed E-state index contributed by atoms with van der Waals surface area (Å²) < 4.78 is 0. The van der Waals surface area contributed by atoms with Crippen LogP contribution in [0.1, 0.15) is 58.6 Å². The van der Waals surface area contributed by atoms with Crippen molar-refractivity contribution in [3.8, 4) is 5.75 Å². The van der Waals surface area contributed by atoms with Crippen LogP contribution in [0.3, 0.4) is 0 Å². The van der Waals surface area contributed by atoms with Gasteiger partial charge < -0.3 is 15.3 Å². The van der Waals surface area contributed by atoms with E-state index in [2.05, 4.69) is 50.0 Å². The number of phenolic OH excluding ortho intramolecular Hbond substituents is 1. The number of benzene rings is 1. The quantitative estimate of drug-likeness (QED) is 0.757. The van der Waals surface area contributed by atoms with Gasteiger partial charge >= 0.3 is 0 Å². The molecule has 0 aliphatic heterocycles. The molecule has 118 valence electrons. The Labute approximate surface area is 129 Å². The second-order valence-corrected chi connectivity index (χ2v) is 6.63. The van der Waals surface area contributed by atoms with Crippen molar-refractivity contribution in [3.63, 3.8) is 0 Å². The number of anilines is 1. The first-order valence-electron chi connectivity index (χ1n) is 8.35. The summed E-state index contributed by atoms with van der Waals surface area (Å²) in [7, 11) is 0. The number of aromatic hydroxyl groups is 1. The van der Waals surface area contributed by atoms with Crippen LogP contribution in [0, 0.1) is 5.92 Å². The molecule has 0 saturated heterocycles. The summed E-state index contributed by atoms with van der Waals surface area (Å²) in [5.41, 5.74) is 2.16. The van der Waals surface area contributed by atoms with Crippen molar-refractivity contribution in [2.24, 2.45) is 5.92 Å². The minimum absolute atomic E-state index is 0.189. The molecule has 0 amide bonds. The minimum Gasteiger partial charge on any atom is -0.508 e. The third-order valence-electron chi connectivity index (χ3n) is 4.26. The van der Waals surface area contributed by atoms with E-state index < -0.39 is 0 Å². The van der Waals surface area contributed by atoms with Crippen LogP contribution >= 0.6 is 0 Å². The third kappa shape index (κ3) is 4.37. The molecule has 0 aromatic heterocycles. The van der Waals surface area contributed by atoms with Gasteiger partial charge in [0.25, 0.3) is 0 Å². The maximum atomic E-state index is 10.4. The first kappa shape index (κ1) is 16.2.